The number of aliphatic hydroxyl groups is 1. The molecule has 0 aromatic heterocycles. The Morgan fingerprint density at radius 3 is 1.18 bits per heavy atom. The highest BCUT2D eigenvalue weighted by Gasteiger charge is 2.29. The van der Waals surface area contributed by atoms with Gasteiger partial charge in [-0.25, -0.2) is 9.18 Å². The van der Waals surface area contributed by atoms with Crippen LogP contribution in [0, 0.1) is 5.82 Å². The van der Waals surface area contributed by atoms with Crippen molar-refractivity contribution in [1.29, 1.82) is 0 Å². The first-order valence-corrected chi connectivity index (χ1v) is 32.8. The van der Waals surface area contributed by atoms with Crippen molar-refractivity contribution < 1.29 is 19.0 Å². The van der Waals surface area contributed by atoms with Gasteiger partial charge in [0.2, 0.25) is 0 Å². The molecule has 0 radical (unpaired) electrons. The molecule has 0 atom stereocenters. The van der Waals surface area contributed by atoms with Crippen LogP contribution in [-0.4, -0.2) is 127 Å². The number of amides is 1. The lowest BCUT2D eigenvalue weighted by atomic mass is 9.84. The highest BCUT2D eigenvalue weighted by atomic mass is 19.1. The molecule has 88 heavy (non-hydrogen) atoms. The van der Waals surface area contributed by atoms with Gasteiger partial charge >= 0.3 is 6.09 Å². The number of piperidine rings is 4. The van der Waals surface area contributed by atoms with Crippen LogP contribution in [0.15, 0.2) is 115 Å². The third-order valence-electron chi connectivity index (χ3n) is 17.5. The van der Waals surface area contributed by atoms with Gasteiger partial charge in [0.25, 0.3) is 0 Å². The molecule has 5 aromatic carbocycles. The summed E-state index contributed by atoms with van der Waals surface area (Å²) >= 11 is 0. The maximum absolute atomic E-state index is 13.0. The first-order chi connectivity index (χ1) is 41.5. The minimum absolute atomic E-state index is 0.201. The standard InChI is InChI=1S/C16H24N2O2.C14H22N2.C12H18N2.C9H12FN.C9H13N.C7H15NO.C6H14N2/c1-16(2,3)20-15(19)18-10-8-13(9-11-18)12-4-6-14(17)7-5-12;1-11(2)16-9-7-13(8-10-16)12-3-5-14(15)6-4-12;1-14-8-6-11(7-9-14)10-2-4-12(13)5-3-10;1-6(2)8-4-3-7(11)5-9(8)10;1-7(2)8-3-5-9(10)6-4-8;1-7(9)4-2-6(8)3-5-7;1-8-4-2-6(7)3-5-8/h4-7,13H,8-11,17H2,1-3H3;3-6,11,13H,7-10,15H2,1-2H3;2-5,11H,6-9,13H2,1H3;3-6H,11H2,1-2H3;3-7H,10H2,1-2H3;6,9H,2-5,8H2,1H3;6H,2-5,7H2,1H3. The van der Waals surface area contributed by atoms with Crippen LogP contribution in [0.3, 0.4) is 0 Å². The summed E-state index contributed by atoms with van der Waals surface area (Å²) in [4.78, 5) is 21.1. The Kier molecular flexibility index (Phi) is 31.6. The lowest BCUT2D eigenvalue weighted by molar-refractivity contribution is 0.0177. The number of nitrogen functional groups attached to an aromatic ring is 5. The normalized spacial score (nSPS) is 20.0. The van der Waals surface area contributed by atoms with Crippen LogP contribution in [0.25, 0.3) is 0 Å². The van der Waals surface area contributed by atoms with E-state index in [1.807, 2.05) is 90.1 Å². The molecule has 0 spiro atoms. The van der Waals surface area contributed by atoms with E-state index in [1.54, 1.807) is 17.0 Å². The van der Waals surface area contributed by atoms with Crippen LogP contribution in [0.2, 0.25) is 0 Å². The minimum atomic E-state index is -0.426. The molecule has 15 heteroatoms. The second-order valence-corrected chi connectivity index (χ2v) is 27.5. The van der Waals surface area contributed by atoms with Gasteiger partial charge in [0.15, 0.2) is 0 Å². The van der Waals surface area contributed by atoms with Crippen molar-refractivity contribution >= 4 is 34.5 Å². The Morgan fingerprint density at radius 1 is 0.511 bits per heavy atom. The van der Waals surface area contributed by atoms with E-state index in [0.29, 0.717) is 35.6 Å². The van der Waals surface area contributed by atoms with Crippen molar-refractivity contribution in [3.05, 3.63) is 149 Å². The second-order valence-electron chi connectivity index (χ2n) is 27.5. The number of carbonyl (C=O) groups is 1. The molecular formula is C73H118FN11O3. The van der Waals surface area contributed by atoms with Crippen molar-refractivity contribution in [1.82, 2.24) is 19.6 Å². The molecule has 4 aliphatic heterocycles. The predicted octanol–water partition coefficient (Wildman–Crippen LogP) is 13.9. The van der Waals surface area contributed by atoms with Crippen LogP contribution in [0.1, 0.15) is 204 Å². The molecule has 14 nitrogen and oxygen atoms in total. The number of likely N-dealkylation sites (tertiary alicyclic amines) is 4. The van der Waals surface area contributed by atoms with Crippen molar-refractivity contribution in [2.24, 2.45) is 11.5 Å². The summed E-state index contributed by atoms with van der Waals surface area (Å²) in [5.41, 5.74) is 48.6. The Balaban J connectivity index is 0.000000224. The quantitative estimate of drug-likeness (QED) is 0.0739. The van der Waals surface area contributed by atoms with Crippen molar-refractivity contribution in [2.45, 2.75) is 205 Å². The van der Waals surface area contributed by atoms with Gasteiger partial charge in [0.1, 0.15) is 11.4 Å². The van der Waals surface area contributed by atoms with E-state index < -0.39 is 11.2 Å². The fourth-order valence-corrected chi connectivity index (χ4v) is 11.3. The first-order valence-electron chi connectivity index (χ1n) is 32.8. The molecule has 0 unspecified atom stereocenters. The van der Waals surface area contributed by atoms with Crippen molar-refractivity contribution in [3.8, 4) is 0 Å². The molecule has 4 saturated heterocycles. The van der Waals surface area contributed by atoms with Gasteiger partial charge < -0.3 is 69.6 Å². The zero-order valence-corrected chi connectivity index (χ0v) is 56.2. The van der Waals surface area contributed by atoms with Gasteiger partial charge in [0.05, 0.1) is 5.60 Å². The summed E-state index contributed by atoms with van der Waals surface area (Å²) in [5.74, 6) is 2.59. The SMILES string of the molecule is CC(C)(C)OC(=O)N1CCC(c2ccc(N)cc2)CC1.CC(C)N1CCC(c2ccc(N)cc2)CC1.CC(C)c1ccc(N)cc1.CC(C)c1ccc(N)cc1F.CC1(O)CCC(N)CC1.CN1CCC(N)CC1.CN1CCC(c2ccc(N)cc2)CC1. The Morgan fingerprint density at radius 2 is 0.852 bits per heavy atom. The number of hydrogen-bond donors (Lipinski definition) is 8. The number of halogens is 1. The van der Waals surface area contributed by atoms with Gasteiger partial charge in [-0.2, -0.15) is 0 Å². The first kappa shape index (κ1) is 74.5. The Labute approximate surface area is 531 Å². The predicted molar refractivity (Wildman–Crippen MR) is 372 cm³/mol. The molecule has 15 N–H and O–H groups in total. The second kappa shape index (κ2) is 37.3. The lowest BCUT2D eigenvalue weighted by Crippen LogP contribution is -2.41. The molecule has 5 aromatic rings. The van der Waals surface area contributed by atoms with Crippen molar-refractivity contribution in [3.63, 3.8) is 0 Å². The minimum Gasteiger partial charge on any atom is -0.444 e. The molecule has 1 aliphatic carbocycles. The largest absolute Gasteiger partial charge is 0.444 e. The number of carbonyl (C=O) groups excluding carboxylic acids is 1. The number of hydrogen-bond acceptors (Lipinski definition) is 13. The molecule has 4 heterocycles. The van der Waals surface area contributed by atoms with E-state index in [0.717, 1.165) is 91.8 Å². The summed E-state index contributed by atoms with van der Waals surface area (Å²) < 4.78 is 18.4. The number of benzene rings is 5. The maximum atomic E-state index is 13.0. The van der Waals surface area contributed by atoms with Gasteiger partial charge in [0, 0.05) is 59.7 Å². The number of nitrogens with zero attached hydrogens (tertiary/aromatic N) is 4. The summed E-state index contributed by atoms with van der Waals surface area (Å²) in [7, 11) is 4.34. The molecular weight excluding hydrogens is 1100 g/mol. The summed E-state index contributed by atoms with van der Waals surface area (Å²) in [6, 6.07) is 39.1. The molecule has 1 saturated carbocycles. The third kappa shape index (κ3) is 28.7. The molecule has 5 fully saturated rings. The fourth-order valence-electron chi connectivity index (χ4n) is 11.3. The topological polar surface area (TPSA) is 242 Å². The maximum Gasteiger partial charge on any atom is 0.410 e. The fraction of sp³-hybridized carbons (Fsp3) is 0.575. The highest BCUT2D eigenvalue weighted by Crippen LogP contribution is 2.32. The van der Waals surface area contributed by atoms with Gasteiger partial charge in [-0.1, -0.05) is 82.3 Å². The lowest BCUT2D eigenvalue weighted by Gasteiger charge is -2.34. The number of ether oxygens (including phenoxy) is 1. The van der Waals surface area contributed by atoms with Gasteiger partial charge in [-0.05, 0) is 290 Å². The monoisotopic (exact) mass is 1220 g/mol. The van der Waals surface area contributed by atoms with E-state index >= 15 is 0 Å². The summed E-state index contributed by atoms with van der Waals surface area (Å²) in [6.07, 6.45) is 12.9. The van der Waals surface area contributed by atoms with Crippen LogP contribution >= 0.6 is 0 Å². The number of anilines is 5. The van der Waals surface area contributed by atoms with E-state index in [-0.39, 0.29) is 17.8 Å². The van der Waals surface area contributed by atoms with Crippen LogP contribution < -0.4 is 40.1 Å². The summed E-state index contributed by atoms with van der Waals surface area (Å²) in [5, 5.41) is 9.44. The molecule has 490 valence electrons. The molecule has 5 aliphatic rings. The number of nitrogens with two attached hydrogens (primary N) is 7. The molecule has 0 bridgehead atoms. The van der Waals surface area contributed by atoms with Gasteiger partial charge in [-0.15, -0.1) is 0 Å². The molecule has 1 amide bonds. The summed E-state index contributed by atoms with van der Waals surface area (Å²) in [6.45, 7) is 29.1. The van der Waals surface area contributed by atoms with E-state index in [4.69, 9.17) is 44.9 Å². The average Bonchev–Trinajstić information content (AvgIpc) is 3.60. The molecule has 10 rings (SSSR count). The third-order valence-corrected chi connectivity index (χ3v) is 17.5. The number of rotatable bonds is 6. The highest BCUT2D eigenvalue weighted by molar-refractivity contribution is 5.68. The van der Waals surface area contributed by atoms with Crippen LogP contribution in [-0.2, 0) is 4.74 Å². The Hall–Kier alpha value is -5.94. The van der Waals surface area contributed by atoms with Crippen LogP contribution in [0.4, 0.5) is 37.6 Å². The van der Waals surface area contributed by atoms with Crippen LogP contribution in [0.5, 0.6) is 0 Å². The smallest absolute Gasteiger partial charge is 0.410 e. The Bertz CT molecular complexity index is 2660. The zero-order chi connectivity index (χ0) is 65.1. The van der Waals surface area contributed by atoms with E-state index in [1.165, 1.54) is 106 Å². The van der Waals surface area contributed by atoms with E-state index in [9.17, 15) is 14.3 Å². The van der Waals surface area contributed by atoms with Crippen molar-refractivity contribution in [2.75, 3.05) is 95.1 Å². The average molecular weight is 1220 g/mol. The zero-order valence-electron chi connectivity index (χ0n) is 56.2. The van der Waals surface area contributed by atoms with E-state index in [2.05, 4.69) is 105 Å². The van der Waals surface area contributed by atoms with Gasteiger partial charge in [-0.3, -0.25) is 0 Å².